The second-order valence-corrected chi connectivity index (χ2v) is 8.76. The van der Waals surface area contributed by atoms with Crippen molar-refractivity contribution in [2.45, 2.75) is 42.3 Å². The summed E-state index contributed by atoms with van der Waals surface area (Å²) in [4.78, 5) is 17.0. The van der Waals surface area contributed by atoms with Gasteiger partial charge in [-0.3, -0.25) is 4.79 Å². The number of aromatic nitrogens is 1. The zero-order valence-electron chi connectivity index (χ0n) is 14.4. The van der Waals surface area contributed by atoms with Gasteiger partial charge in [-0.15, -0.1) is 11.3 Å². The third kappa shape index (κ3) is 5.06. The fraction of sp³-hybridized carbons (Fsp3) is 0.300. The number of para-hydroxylation sites is 1. The van der Waals surface area contributed by atoms with Crippen molar-refractivity contribution in [3.63, 3.8) is 0 Å². The molecule has 0 spiro atoms. The van der Waals surface area contributed by atoms with E-state index in [-0.39, 0.29) is 17.2 Å². The number of nitrogens with zero attached hydrogens (tertiary/aromatic N) is 1. The highest BCUT2D eigenvalue weighted by Crippen LogP contribution is 2.31. The minimum absolute atomic E-state index is 0.0739. The summed E-state index contributed by atoms with van der Waals surface area (Å²) in [5.74, 6) is 0.0739. The summed E-state index contributed by atoms with van der Waals surface area (Å²) < 4.78 is 2.11. The molecule has 1 aromatic heterocycles. The van der Waals surface area contributed by atoms with E-state index < -0.39 is 0 Å². The van der Waals surface area contributed by atoms with Crippen LogP contribution in [0.2, 0.25) is 0 Å². The Bertz CT molecular complexity index is 799. The van der Waals surface area contributed by atoms with Crippen molar-refractivity contribution < 1.29 is 4.79 Å². The van der Waals surface area contributed by atoms with E-state index in [9.17, 15) is 4.79 Å². The van der Waals surface area contributed by atoms with E-state index in [2.05, 4.69) is 47.6 Å². The third-order valence-corrected chi connectivity index (χ3v) is 6.25. The number of carbonyl (C=O) groups excluding carboxylic acids is 1. The van der Waals surface area contributed by atoms with Crippen molar-refractivity contribution >= 4 is 39.2 Å². The summed E-state index contributed by atoms with van der Waals surface area (Å²) in [7, 11) is 0. The van der Waals surface area contributed by atoms with E-state index >= 15 is 0 Å². The topological polar surface area (TPSA) is 42.0 Å². The summed E-state index contributed by atoms with van der Waals surface area (Å²) in [5, 5.41) is 2.97. The Morgan fingerprint density at radius 3 is 2.60 bits per heavy atom. The molecule has 0 aliphatic heterocycles. The van der Waals surface area contributed by atoms with Crippen LogP contribution < -0.4 is 5.32 Å². The number of thioether (sulfide) groups is 1. The molecule has 1 heterocycles. The van der Waals surface area contributed by atoms with Crippen LogP contribution >= 0.6 is 23.1 Å². The molecule has 130 valence electrons. The monoisotopic (exact) mass is 370 g/mol. The maximum atomic E-state index is 12.4. The number of aryl methyl sites for hydroxylation is 1. The lowest BCUT2D eigenvalue weighted by atomic mass is 10.1. The second kappa shape index (κ2) is 8.50. The first-order valence-corrected chi connectivity index (χ1v) is 10.2. The minimum Gasteiger partial charge on any atom is -0.353 e. The highest BCUT2D eigenvalue weighted by Gasteiger charge is 2.18. The van der Waals surface area contributed by atoms with Crippen molar-refractivity contribution in [2.24, 2.45) is 0 Å². The SMILES string of the molecule is C[C@H](Sc1nc2ccccc2s1)C(=O)N[C@@H](C)CCc1ccccc1. The maximum Gasteiger partial charge on any atom is 0.233 e. The highest BCUT2D eigenvalue weighted by molar-refractivity contribution is 8.02. The number of amides is 1. The van der Waals surface area contributed by atoms with Gasteiger partial charge in [0.2, 0.25) is 5.91 Å². The molecule has 2 atom stereocenters. The van der Waals surface area contributed by atoms with Gasteiger partial charge in [-0.2, -0.15) is 0 Å². The van der Waals surface area contributed by atoms with Gasteiger partial charge in [-0.1, -0.05) is 54.2 Å². The number of nitrogens with one attached hydrogen (secondary N) is 1. The van der Waals surface area contributed by atoms with Crippen LogP contribution in [0.5, 0.6) is 0 Å². The first-order chi connectivity index (χ1) is 12.1. The summed E-state index contributed by atoms with van der Waals surface area (Å²) >= 11 is 3.17. The molecule has 1 N–H and O–H groups in total. The Balaban J connectivity index is 1.49. The molecule has 0 aliphatic carbocycles. The minimum atomic E-state index is -0.153. The molecule has 25 heavy (non-hydrogen) atoms. The molecule has 3 nitrogen and oxygen atoms in total. The standard InChI is InChI=1S/C20H22N2OS2/c1-14(12-13-16-8-4-3-5-9-16)21-19(23)15(2)24-20-22-17-10-6-7-11-18(17)25-20/h3-11,14-15H,12-13H2,1-2H3,(H,21,23)/t14-,15-/m0/s1. The Morgan fingerprint density at radius 2 is 1.84 bits per heavy atom. The van der Waals surface area contributed by atoms with Crippen molar-refractivity contribution in [3.05, 3.63) is 60.2 Å². The molecule has 2 aromatic carbocycles. The van der Waals surface area contributed by atoms with Crippen LogP contribution in [0.15, 0.2) is 58.9 Å². The molecule has 1 amide bonds. The van der Waals surface area contributed by atoms with Gasteiger partial charge in [0.15, 0.2) is 4.34 Å². The van der Waals surface area contributed by atoms with Gasteiger partial charge in [0.25, 0.3) is 0 Å². The van der Waals surface area contributed by atoms with E-state index in [4.69, 9.17) is 0 Å². The van der Waals surface area contributed by atoms with E-state index in [1.54, 1.807) is 11.3 Å². The Hall–Kier alpha value is -1.85. The summed E-state index contributed by atoms with van der Waals surface area (Å²) in [6.07, 6.45) is 1.91. The summed E-state index contributed by atoms with van der Waals surface area (Å²) in [6.45, 7) is 4.01. The smallest absolute Gasteiger partial charge is 0.233 e. The molecule has 0 aliphatic rings. The van der Waals surface area contributed by atoms with Gasteiger partial charge in [0, 0.05) is 6.04 Å². The lowest BCUT2D eigenvalue weighted by molar-refractivity contribution is -0.120. The molecule has 3 rings (SSSR count). The van der Waals surface area contributed by atoms with Crippen LogP contribution in [-0.2, 0) is 11.2 Å². The molecule has 0 unspecified atom stereocenters. The zero-order valence-corrected chi connectivity index (χ0v) is 16.1. The molecule has 0 saturated heterocycles. The fourth-order valence-electron chi connectivity index (χ4n) is 2.57. The van der Waals surface area contributed by atoms with Crippen LogP contribution in [0.3, 0.4) is 0 Å². The predicted octanol–water partition coefficient (Wildman–Crippen LogP) is 4.91. The van der Waals surface area contributed by atoms with E-state index in [0.29, 0.717) is 0 Å². The van der Waals surface area contributed by atoms with Crippen molar-refractivity contribution in [3.8, 4) is 0 Å². The Labute approximate surface area is 156 Å². The Kier molecular flexibility index (Phi) is 6.10. The van der Waals surface area contributed by atoms with Crippen LogP contribution in [0, 0.1) is 0 Å². The van der Waals surface area contributed by atoms with Crippen molar-refractivity contribution in [1.82, 2.24) is 10.3 Å². The maximum absolute atomic E-state index is 12.4. The Morgan fingerprint density at radius 1 is 1.12 bits per heavy atom. The van der Waals surface area contributed by atoms with Crippen LogP contribution in [0.4, 0.5) is 0 Å². The zero-order chi connectivity index (χ0) is 17.6. The number of fused-ring (bicyclic) bond motifs is 1. The molecular weight excluding hydrogens is 348 g/mol. The fourth-order valence-corrected chi connectivity index (χ4v) is 4.79. The molecule has 5 heteroatoms. The third-order valence-electron chi connectivity index (χ3n) is 4.02. The van der Waals surface area contributed by atoms with E-state index in [1.807, 2.05) is 31.2 Å². The molecule has 0 saturated carbocycles. The number of hydrogen-bond acceptors (Lipinski definition) is 4. The normalized spacial score (nSPS) is 13.5. The highest BCUT2D eigenvalue weighted by atomic mass is 32.2. The molecular formula is C20H22N2OS2. The van der Waals surface area contributed by atoms with Crippen molar-refractivity contribution in [1.29, 1.82) is 0 Å². The van der Waals surface area contributed by atoms with Gasteiger partial charge < -0.3 is 5.32 Å². The molecule has 3 aromatic rings. The first kappa shape index (κ1) is 18.0. The molecule has 0 fully saturated rings. The van der Waals surface area contributed by atoms with Gasteiger partial charge >= 0.3 is 0 Å². The predicted molar refractivity (Wildman–Crippen MR) is 107 cm³/mol. The van der Waals surface area contributed by atoms with Gasteiger partial charge in [0.1, 0.15) is 0 Å². The first-order valence-electron chi connectivity index (χ1n) is 8.48. The van der Waals surface area contributed by atoms with Gasteiger partial charge in [-0.25, -0.2) is 4.98 Å². The van der Waals surface area contributed by atoms with E-state index in [1.165, 1.54) is 17.3 Å². The number of benzene rings is 2. The van der Waals surface area contributed by atoms with Crippen molar-refractivity contribution in [2.75, 3.05) is 0 Å². The summed E-state index contributed by atoms with van der Waals surface area (Å²) in [6, 6.07) is 18.6. The lowest BCUT2D eigenvalue weighted by Crippen LogP contribution is -2.37. The average Bonchev–Trinajstić information content (AvgIpc) is 3.03. The van der Waals surface area contributed by atoms with Gasteiger partial charge in [0.05, 0.1) is 15.5 Å². The largest absolute Gasteiger partial charge is 0.353 e. The van der Waals surface area contributed by atoms with Gasteiger partial charge in [-0.05, 0) is 44.4 Å². The second-order valence-electron chi connectivity index (χ2n) is 6.14. The number of rotatable bonds is 7. The number of thiazole rings is 1. The quantitative estimate of drug-likeness (QED) is 0.601. The van der Waals surface area contributed by atoms with Crippen LogP contribution in [0.1, 0.15) is 25.8 Å². The average molecular weight is 371 g/mol. The number of carbonyl (C=O) groups is 1. The van der Waals surface area contributed by atoms with Crippen LogP contribution in [0.25, 0.3) is 10.2 Å². The van der Waals surface area contributed by atoms with E-state index in [0.717, 1.165) is 27.4 Å². The molecule has 0 radical (unpaired) electrons. The van der Waals surface area contributed by atoms with Crippen LogP contribution in [-0.4, -0.2) is 22.2 Å². The lowest BCUT2D eigenvalue weighted by Gasteiger charge is -2.16. The summed E-state index contributed by atoms with van der Waals surface area (Å²) in [5.41, 5.74) is 2.30. The molecule has 0 bridgehead atoms. The number of hydrogen-bond donors (Lipinski definition) is 1.